The lowest BCUT2D eigenvalue weighted by molar-refractivity contribution is -0.137. The minimum absolute atomic E-state index is 0.0220. The summed E-state index contributed by atoms with van der Waals surface area (Å²) in [5.41, 5.74) is 1.25. The smallest absolute Gasteiger partial charge is 0.391 e. The molecule has 0 radical (unpaired) electrons. The Hall–Kier alpha value is -3.18. The van der Waals surface area contributed by atoms with Crippen LogP contribution >= 0.6 is 11.6 Å². The summed E-state index contributed by atoms with van der Waals surface area (Å²) in [4.78, 5) is 32.9. The molecule has 12 heteroatoms. The number of amides is 3. The Morgan fingerprint density at radius 1 is 1.26 bits per heavy atom. The standard InChI is InChI=1S/C22H23ClF3N5O3/c1-13(32)27-12-17(33)8-14-9-18(23)20(29-10-14)15-4-6-31(7-5-15)21(34)30-19-3-2-16(11-28-19)22(24,25)26/h2-4,9-11,17,33H,5-8,12H2,1H3,(H,27,32)(H,28,30,34)/t17-/m0/s1. The largest absolute Gasteiger partial charge is 0.417 e. The summed E-state index contributed by atoms with van der Waals surface area (Å²) in [6, 6.07) is 3.18. The van der Waals surface area contributed by atoms with Gasteiger partial charge in [-0.15, -0.1) is 0 Å². The zero-order valence-corrected chi connectivity index (χ0v) is 19.0. The van der Waals surface area contributed by atoms with E-state index in [-0.39, 0.29) is 31.2 Å². The maximum absolute atomic E-state index is 12.6. The first kappa shape index (κ1) is 25.4. The first-order valence-corrected chi connectivity index (χ1v) is 10.8. The monoisotopic (exact) mass is 497 g/mol. The molecule has 3 amide bonds. The average molecular weight is 498 g/mol. The van der Waals surface area contributed by atoms with Crippen LogP contribution in [0.25, 0.3) is 5.57 Å². The van der Waals surface area contributed by atoms with Gasteiger partial charge in [0, 0.05) is 45.4 Å². The van der Waals surface area contributed by atoms with E-state index in [1.807, 2.05) is 6.08 Å². The van der Waals surface area contributed by atoms with E-state index in [4.69, 9.17) is 11.6 Å². The number of rotatable bonds is 6. The minimum Gasteiger partial charge on any atom is -0.391 e. The van der Waals surface area contributed by atoms with Gasteiger partial charge in [0.25, 0.3) is 0 Å². The van der Waals surface area contributed by atoms with Crippen LogP contribution < -0.4 is 10.6 Å². The molecule has 1 aliphatic rings. The van der Waals surface area contributed by atoms with Crippen molar-refractivity contribution < 1.29 is 27.9 Å². The highest BCUT2D eigenvalue weighted by Crippen LogP contribution is 2.30. The fourth-order valence-electron chi connectivity index (χ4n) is 3.32. The van der Waals surface area contributed by atoms with Crippen LogP contribution in [0.4, 0.5) is 23.8 Å². The zero-order valence-electron chi connectivity index (χ0n) is 18.2. The first-order valence-electron chi connectivity index (χ1n) is 10.4. The van der Waals surface area contributed by atoms with E-state index in [1.165, 1.54) is 11.8 Å². The molecule has 0 saturated carbocycles. The van der Waals surface area contributed by atoms with Crippen LogP contribution in [0.2, 0.25) is 5.02 Å². The molecule has 1 aliphatic heterocycles. The highest BCUT2D eigenvalue weighted by Gasteiger charge is 2.30. The number of carbonyl (C=O) groups is 2. The Labute approximate surface area is 198 Å². The molecule has 3 rings (SSSR count). The number of aliphatic hydroxyl groups excluding tert-OH is 1. The van der Waals surface area contributed by atoms with Crippen molar-refractivity contribution in [1.29, 1.82) is 0 Å². The molecule has 2 aromatic rings. The van der Waals surface area contributed by atoms with Crippen LogP contribution in [0.1, 0.15) is 30.2 Å². The van der Waals surface area contributed by atoms with Gasteiger partial charge in [-0.2, -0.15) is 13.2 Å². The molecule has 0 fully saturated rings. The van der Waals surface area contributed by atoms with Gasteiger partial charge in [-0.25, -0.2) is 9.78 Å². The average Bonchev–Trinajstić information content (AvgIpc) is 2.78. The number of hydrogen-bond donors (Lipinski definition) is 3. The molecule has 0 aliphatic carbocycles. The predicted molar refractivity (Wildman–Crippen MR) is 120 cm³/mol. The van der Waals surface area contributed by atoms with Gasteiger partial charge in [0.05, 0.1) is 22.4 Å². The van der Waals surface area contributed by atoms with E-state index in [9.17, 15) is 27.9 Å². The summed E-state index contributed by atoms with van der Waals surface area (Å²) < 4.78 is 37.9. The molecule has 0 unspecified atom stereocenters. The number of urea groups is 1. The number of alkyl halides is 3. The molecule has 1 atom stereocenters. The molecule has 0 spiro atoms. The summed E-state index contributed by atoms with van der Waals surface area (Å²) in [5.74, 6) is -0.207. The minimum atomic E-state index is -4.50. The number of nitrogens with zero attached hydrogens (tertiary/aromatic N) is 3. The van der Waals surface area contributed by atoms with E-state index in [0.717, 1.165) is 17.7 Å². The number of hydrogen-bond acceptors (Lipinski definition) is 5. The highest BCUT2D eigenvalue weighted by molar-refractivity contribution is 6.32. The maximum Gasteiger partial charge on any atom is 0.417 e. The number of aromatic nitrogens is 2. The van der Waals surface area contributed by atoms with Crippen molar-refractivity contribution in [3.8, 4) is 0 Å². The second kappa shape index (κ2) is 10.8. The molecular formula is C22H23ClF3N5O3. The van der Waals surface area contributed by atoms with E-state index >= 15 is 0 Å². The number of nitrogens with one attached hydrogen (secondary N) is 2. The number of halogens is 4. The summed E-state index contributed by atoms with van der Waals surface area (Å²) in [6.45, 7) is 2.11. The van der Waals surface area contributed by atoms with Crippen LogP contribution in [0.15, 0.2) is 36.7 Å². The van der Waals surface area contributed by atoms with Crippen molar-refractivity contribution in [2.24, 2.45) is 0 Å². The van der Waals surface area contributed by atoms with Crippen molar-refractivity contribution in [2.75, 3.05) is 25.0 Å². The lowest BCUT2D eigenvalue weighted by Crippen LogP contribution is -2.38. The van der Waals surface area contributed by atoms with Crippen molar-refractivity contribution >= 4 is 34.9 Å². The molecule has 3 N–H and O–H groups in total. The molecule has 3 heterocycles. The van der Waals surface area contributed by atoms with E-state index in [0.29, 0.717) is 35.4 Å². The number of pyridine rings is 2. The van der Waals surface area contributed by atoms with Crippen LogP contribution in [0.5, 0.6) is 0 Å². The number of aliphatic hydroxyl groups is 1. The maximum atomic E-state index is 12.6. The zero-order chi connectivity index (χ0) is 24.9. The second-order valence-corrected chi connectivity index (χ2v) is 8.16. The van der Waals surface area contributed by atoms with Crippen molar-refractivity contribution in [2.45, 2.75) is 32.0 Å². The normalized spacial score (nSPS) is 14.9. The fourth-order valence-corrected chi connectivity index (χ4v) is 3.63. The summed E-state index contributed by atoms with van der Waals surface area (Å²) in [6.07, 6.45) is -0.433. The Kier molecular flexibility index (Phi) is 8.11. The third-order valence-electron chi connectivity index (χ3n) is 5.08. The molecular weight excluding hydrogens is 475 g/mol. The molecule has 0 saturated heterocycles. The summed E-state index contributed by atoms with van der Waals surface area (Å²) in [5, 5.41) is 15.4. The molecule has 0 bridgehead atoms. The van der Waals surface area contributed by atoms with Crippen LogP contribution in [0, 0.1) is 0 Å². The third-order valence-corrected chi connectivity index (χ3v) is 5.37. The quantitative estimate of drug-likeness (QED) is 0.566. The van der Waals surface area contributed by atoms with E-state index < -0.39 is 23.9 Å². The lowest BCUT2D eigenvalue weighted by Gasteiger charge is -2.26. The van der Waals surface area contributed by atoms with Gasteiger partial charge in [0.15, 0.2) is 0 Å². The topological polar surface area (TPSA) is 107 Å². The van der Waals surface area contributed by atoms with Gasteiger partial charge in [0.2, 0.25) is 5.91 Å². The van der Waals surface area contributed by atoms with E-state index in [2.05, 4.69) is 20.6 Å². The molecule has 0 aromatic carbocycles. The van der Waals surface area contributed by atoms with Gasteiger partial charge in [-0.3, -0.25) is 15.1 Å². The van der Waals surface area contributed by atoms with Crippen LogP contribution in [-0.4, -0.2) is 57.7 Å². The Balaban J connectivity index is 1.57. The van der Waals surface area contributed by atoms with E-state index in [1.54, 1.807) is 12.3 Å². The number of anilines is 1. The van der Waals surface area contributed by atoms with Crippen LogP contribution in [0.3, 0.4) is 0 Å². The van der Waals surface area contributed by atoms with Gasteiger partial charge in [-0.05, 0) is 35.8 Å². The highest BCUT2D eigenvalue weighted by atomic mass is 35.5. The fraction of sp³-hybridized carbons (Fsp3) is 0.364. The first-order chi connectivity index (χ1) is 16.0. The predicted octanol–water partition coefficient (Wildman–Crippen LogP) is 3.51. The third kappa shape index (κ3) is 6.91. The summed E-state index contributed by atoms with van der Waals surface area (Å²) >= 11 is 6.39. The van der Waals surface area contributed by atoms with Crippen molar-refractivity contribution in [1.82, 2.24) is 20.2 Å². The van der Waals surface area contributed by atoms with Crippen molar-refractivity contribution in [3.05, 3.63) is 58.5 Å². The Morgan fingerprint density at radius 3 is 2.59 bits per heavy atom. The Bertz CT molecular complexity index is 1080. The summed E-state index contributed by atoms with van der Waals surface area (Å²) in [7, 11) is 0. The van der Waals surface area contributed by atoms with Gasteiger partial charge in [0.1, 0.15) is 5.82 Å². The van der Waals surface area contributed by atoms with Gasteiger partial charge < -0.3 is 15.3 Å². The lowest BCUT2D eigenvalue weighted by atomic mass is 10.0. The molecule has 34 heavy (non-hydrogen) atoms. The SMILES string of the molecule is CC(=O)NC[C@@H](O)Cc1cnc(C2=CCN(C(=O)Nc3ccc(C(F)(F)F)cn3)CC2)c(Cl)c1. The second-order valence-electron chi connectivity index (χ2n) is 7.75. The Morgan fingerprint density at radius 2 is 2.03 bits per heavy atom. The van der Waals surface area contributed by atoms with Crippen molar-refractivity contribution in [3.63, 3.8) is 0 Å². The van der Waals surface area contributed by atoms with Gasteiger partial charge >= 0.3 is 12.2 Å². The van der Waals surface area contributed by atoms with Gasteiger partial charge in [-0.1, -0.05) is 17.7 Å². The molecule has 182 valence electrons. The molecule has 8 nitrogen and oxygen atoms in total. The molecule has 2 aromatic heterocycles. The van der Waals surface area contributed by atoms with Crippen LogP contribution in [-0.2, 0) is 17.4 Å². The number of carbonyl (C=O) groups excluding carboxylic acids is 2.